The second kappa shape index (κ2) is 8.84. The van der Waals surface area contributed by atoms with Crippen LogP contribution in [0, 0.1) is 0 Å². The van der Waals surface area contributed by atoms with Crippen molar-refractivity contribution in [2.24, 2.45) is 0 Å². The number of hydrogen-bond acceptors (Lipinski definition) is 0. The topological polar surface area (TPSA) is 0 Å². The summed E-state index contributed by atoms with van der Waals surface area (Å²) in [6.45, 7) is 2.22. The van der Waals surface area contributed by atoms with E-state index in [9.17, 15) is 8.78 Å². The molecular formula is C2H4ClF3. The van der Waals surface area contributed by atoms with E-state index in [1.54, 1.807) is 0 Å². The highest BCUT2D eigenvalue weighted by molar-refractivity contribution is 5.85. The highest BCUT2D eigenvalue weighted by Gasteiger charge is 1.65. The zero-order valence-electron chi connectivity index (χ0n) is 2.78. The van der Waals surface area contributed by atoms with Crippen LogP contribution in [0.25, 0.3) is 0 Å². The Hall–Kier alpha value is -0.180. The van der Waals surface area contributed by atoms with Crippen LogP contribution < -0.4 is 0 Å². The molecule has 0 nitrogen and oxygen atoms in total. The minimum atomic E-state index is -1.83. The van der Waals surface area contributed by atoms with Crippen LogP contribution in [0.3, 0.4) is 0 Å². The standard InChI is InChI=1S/C2H2F2.ClH.FH/c1-2(3)4;;/h1H2;2*1H. The summed E-state index contributed by atoms with van der Waals surface area (Å²) in [5.41, 5.74) is 0. The van der Waals surface area contributed by atoms with Gasteiger partial charge in [-0.05, 0) is 6.58 Å². The molecule has 0 amide bonds. The predicted molar refractivity (Wildman–Crippen MR) is 21.1 cm³/mol. The zero-order valence-corrected chi connectivity index (χ0v) is 3.60. The van der Waals surface area contributed by atoms with Crippen molar-refractivity contribution < 1.29 is 13.5 Å². The van der Waals surface area contributed by atoms with Gasteiger partial charge in [0.2, 0.25) is 0 Å². The average Bonchev–Trinajstić information content (AvgIpc) is 0.811. The summed E-state index contributed by atoms with van der Waals surface area (Å²) in [4.78, 5) is 0. The third kappa shape index (κ3) is 938. The molecule has 0 saturated heterocycles. The average molecular weight is 121 g/mol. The van der Waals surface area contributed by atoms with Crippen molar-refractivity contribution in [1.29, 1.82) is 0 Å². The molecule has 0 saturated carbocycles. The molecule has 40 valence electrons. The van der Waals surface area contributed by atoms with Crippen LogP contribution in [0.2, 0.25) is 0 Å². The molecular weight excluding hydrogens is 116 g/mol. The molecule has 0 spiro atoms. The maximum absolute atomic E-state index is 10.1. The van der Waals surface area contributed by atoms with Crippen molar-refractivity contribution in [2.45, 2.75) is 0 Å². The van der Waals surface area contributed by atoms with Crippen molar-refractivity contribution >= 4 is 12.4 Å². The van der Waals surface area contributed by atoms with E-state index in [0.717, 1.165) is 0 Å². The highest BCUT2D eigenvalue weighted by atomic mass is 35.5. The molecule has 4 heteroatoms. The van der Waals surface area contributed by atoms with E-state index in [-0.39, 0.29) is 17.1 Å². The molecule has 0 bridgehead atoms. The number of rotatable bonds is 0. The summed E-state index contributed by atoms with van der Waals surface area (Å²) in [7, 11) is 0. The van der Waals surface area contributed by atoms with Crippen LogP contribution in [-0.4, -0.2) is 0 Å². The van der Waals surface area contributed by atoms with E-state index in [1.807, 2.05) is 0 Å². The Morgan fingerprint density at radius 3 is 1.33 bits per heavy atom. The van der Waals surface area contributed by atoms with Crippen molar-refractivity contribution in [1.82, 2.24) is 0 Å². The Bertz CT molecular complexity index is 31.8. The normalized spacial score (nSPS) is 4.33. The lowest BCUT2D eigenvalue weighted by Crippen LogP contribution is -1.33. The summed E-state index contributed by atoms with van der Waals surface area (Å²) in [6, 6.07) is 0. The molecule has 0 aromatic heterocycles. The first-order valence-electron chi connectivity index (χ1n) is 0.732. The quantitative estimate of drug-likeness (QED) is 0.459. The molecule has 0 aliphatic rings. The van der Waals surface area contributed by atoms with Crippen molar-refractivity contribution in [3.63, 3.8) is 0 Å². The minimum absolute atomic E-state index is 0. The lowest BCUT2D eigenvalue weighted by Gasteiger charge is -1.54. The van der Waals surface area contributed by atoms with E-state index < -0.39 is 6.08 Å². The second-order valence-corrected chi connectivity index (χ2v) is 0.339. The van der Waals surface area contributed by atoms with Gasteiger partial charge in [0.15, 0.2) is 0 Å². The maximum atomic E-state index is 10.1. The lowest BCUT2D eigenvalue weighted by atomic mass is 11.2. The molecule has 0 aliphatic heterocycles. The molecule has 0 heterocycles. The molecule has 6 heavy (non-hydrogen) atoms. The second-order valence-electron chi connectivity index (χ2n) is 0.339. The van der Waals surface area contributed by atoms with E-state index in [4.69, 9.17) is 0 Å². The van der Waals surface area contributed by atoms with Gasteiger partial charge in [-0.1, -0.05) is 0 Å². The van der Waals surface area contributed by atoms with Crippen LogP contribution in [0.1, 0.15) is 0 Å². The first-order chi connectivity index (χ1) is 1.73. The molecule has 0 aliphatic carbocycles. The number of hydrogen-bond donors (Lipinski definition) is 0. The van der Waals surface area contributed by atoms with Crippen molar-refractivity contribution in [2.75, 3.05) is 0 Å². The van der Waals surface area contributed by atoms with Gasteiger partial charge in [0.1, 0.15) is 0 Å². The Balaban J connectivity index is -0.0000000450. The van der Waals surface area contributed by atoms with Gasteiger partial charge in [-0.15, -0.1) is 12.4 Å². The molecule has 0 N–H and O–H groups in total. The minimum Gasteiger partial charge on any atom is -0.269 e. The van der Waals surface area contributed by atoms with Gasteiger partial charge in [0.25, 0.3) is 6.08 Å². The monoisotopic (exact) mass is 120 g/mol. The van der Waals surface area contributed by atoms with Crippen LogP contribution in [-0.2, 0) is 0 Å². The summed E-state index contributed by atoms with van der Waals surface area (Å²) in [5, 5.41) is 0. The zero-order chi connectivity index (χ0) is 3.58. The lowest BCUT2D eigenvalue weighted by molar-refractivity contribution is 0.426. The molecule has 0 unspecified atom stereocenters. The molecule has 0 aromatic carbocycles. The largest absolute Gasteiger partial charge is 0.269 e. The maximum Gasteiger partial charge on any atom is 0.263 e. The summed E-state index contributed by atoms with van der Waals surface area (Å²) >= 11 is 0. The Morgan fingerprint density at radius 2 is 1.33 bits per heavy atom. The van der Waals surface area contributed by atoms with E-state index in [0.29, 0.717) is 0 Å². The Morgan fingerprint density at radius 1 is 1.33 bits per heavy atom. The Labute approximate surface area is 39.6 Å². The van der Waals surface area contributed by atoms with Crippen LogP contribution in [0.5, 0.6) is 0 Å². The molecule has 0 radical (unpaired) electrons. The van der Waals surface area contributed by atoms with Crippen LogP contribution in [0.15, 0.2) is 12.7 Å². The third-order valence-electron chi connectivity index (χ3n) is 0. The first kappa shape index (κ1) is 17.0. The third-order valence-corrected chi connectivity index (χ3v) is 0. The van der Waals surface area contributed by atoms with E-state index >= 15 is 0 Å². The van der Waals surface area contributed by atoms with Crippen LogP contribution in [0.4, 0.5) is 13.5 Å². The number of halogens is 4. The summed E-state index contributed by atoms with van der Waals surface area (Å²) in [6.07, 6.45) is -1.83. The van der Waals surface area contributed by atoms with Gasteiger partial charge >= 0.3 is 0 Å². The highest BCUT2D eigenvalue weighted by Crippen LogP contribution is 1.85. The van der Waals surface area contributed by atoms with E-state index in [2.05, 4.69) is 6.58 Å². The SMILES string of the molecule is C=C(F)F.Cl.F. The smallest absolute Gasteiger partial charge is 0.263 e. The molecule has 0 aromatic rings. The van der Waals surface area contributed by atoms with Crippen molar-refractivity contribution in [3.8, 4) is 0 Å². The van der Waals surface area contributed by atoms with Gasteiger partial charge in [-0.2, -0.15) is 8.78 Å². The molecule has 0 rings (SSSR count). The fourth-order valence-corrected chi connectivity index (χ4v) is 0. The van der Waals surface area contributed by atoms with Gasteiger partial charge in [0, 0.05) is 0 Å². The predicted octanol–water partition coefficient (Wildman–Crippen LogP) is 1.97. The molecule has 0 fully saturated rings. The fraction of sp³-hybridized carbons (Fsp3) is 0. The van der Waals surface area contributed by atoms with Crippen LogP contribution >= 0.6 is 12.4 Å². The van der Waals surface area contributed by atoms with Gasteiger partial charge in [-0.25, -0.2) is 0 Å². The van der Waals surface area contributed by atoms with Gasteiger partial charge in [0.05, 0.1) is 0 Å². The summed E-state index contributed by atoms with van der Waals surface area (Å²) in [5.74, 6) is 0. The van der Waals surface area contributed by atoms with Gasteiger partial charge < -0.3 is 0 Å². The summed E-state index contributed by atoms with van der Waals surface area (Å²) < 4.78 is 20.3. The Kier molecular flexibility index (Phi) is 25.1. The van der Waals surface area contributed by atoms with Gasteiger partial charge in [-0.3, -0.25) is 4.70 Å². The first-order valence-corrected chi connectivity index (χ1v) is 0.732. The fourth-order valence-electron chi connectivity index (χ4n) is 0. The van der Waals surface area contributed by atoms with E-state index in [1.165, 1.54) is 0 Å². The molecule has 0 atom stereocenters. The van der Waals surface area contributed by atoms with Crippen molar-refractivity contribution in [3.05, 3.63) is 12.7 Å².